The molecule has 0 spiro atoms. The lowest BCUT2D eigenvalue weighted by molar-refractivity contribution is 0.0150. The Labute approximate surface area is 99.3 Å². The summed E-state index contributed by atoms with van der Waals surface area (Å²) < 4.78 is 5.56. The topological polar surface area (TPSA) is 38.5 Å². The van der Waals surface area contributed by atoms with E-state index >= 15 is 0 Å². The first kappa shape index (κ1) is 12.3. The Bertz CT molecular complexity index is 216. The Morgan fingerprint density at radius 2 is 2.12 bits per heavy atom. The van der Waals surface area contributed by atoms with Gasteiger partial charge >= 0.3 is 0 Å². The van der Waals surface area contributed by atoms with Crippen molar-refractivity contribution >= 4 is 0 Å². The summed E-state index contributed by atoms with van der Waals surface area (Å²) in [6, 6.07) is 1.03. The van der Waals surface area contributed by atoms with Gasteiger partial charge in [0, 0.05) is 25.2 Å². The number of likely N-dealkylation sites (tertiary alicyclic amines) is 1. The zero-order chi connectivity index (χ0) is 11.5. The summed E-state index contributed by atoms with van der Waals surface area (Å²) in [4.78, 5) is 2.62. The highest BCUT2D eigenvalue weighted by Crippen LogP contribution is 2.25. The van der Waals surface area contributed by atoms with Gasteiger partial charge in [0.05, 0.1) is 6.61 Å². The second-order valence-corrected chi connectivity index (χ2v) is 5.63. The van der Waals surface area contributed by atoms with Gasteiger partial charge in [-0.3, -0.25) is 4.90 Å². The van der Waals surface area contributed by atoms with Gasteiger partial charge in [-0.1, -0.05) is 6.92 Å². The van der Waals surface area contributed by atoms with E-state index in [2.05, 4.69) is 18.7 Å². The summed E-state index contributed by atoms with van der Waals surface area (Å²) in [5.74, 6) is 1.37. The molecule has 3 heteroatoms. The minimum Gasteiger partial charge on any atom is -0.381 e. The smallest absolute Gasteiger partial charge is 0.0506 e. The first-order valence-corrected chi connectivity index (χ1v) is 6.76. The first-order valence-electron chi connectivity index (χ1n) is 6.76. The fourth-order valence-corrected chi connectivity index (χ4v) is 3.01. The Morgan fingerprint density at radius 3 is 2.81 bits per heavy atom. The van der Waals surface area contributed by atoms with Gasteiger partial charge in [0.2, 0.25) is 0 Å². The molecule has 4 atom stereocenters. The molecular weight excluding hydrogens is 200 g/mol. The van der Waals surface area contributed by atoms with Crippen LogP contribution in [0.1, 0.15) is 33.1 Å². The van der Waals surface area contributed by atoms with Crippen LogP contribution in [0.4, 0.5) is 0 Å². The third kappa shape index (κ3) is 2.76. The molecule has 0 amide bonds. The second-order valence-electron chi connectivity index (χ2n) is 5.63. The molecule has 2 rings (SSSR count). The number of hydrogen-bond donors (Lipinski definition) is 1. The molecule has 0 bridgehead atoms. The van der Waals surface area contributed by atoms with Crippen LogP contribution in [0.5, 0.6) is 0 Å². The number of piperidine rings is 1. The second kappa shape index (κ2) is 5.48. The molecule has 0 aromatic carbocycles. The maximum atomic E-state index is 6.11. The molecule has 0 aromatic heterocycles. The maximum Gasteiger partial charge on any atom is 0.0506 e. The van der Waals surface area contributed by atoms with Crippen molar-refractivity contribution in [1.29, 1.82) is 0 Å². The number of nitrogens with zero attached hydrogens (tertiary/aromatic N) is 1. The third-order valence-corrected chi connectivity index (χ3v) is 4.51. The van der Waals surface area contributed by atoms with Crippen molar-refractivity contribution in [3.05, 3.63) is 0 Å². The van der Waals surface area contributed by atoms with Crippen molar-refractivity contribution in [3.8, 4) is 0 Å². The van der Waals surface area contributed by atoms with Gasteiger partial charge in [0.25, 0.3) is 0 Å². The van der Waals surface area contributed by atoms with Crippen molar-refractivity contribution in [2.75, 3.05) is 26.3 Å². The van der Waals surface area contributed by atoms with E-state index < -0.39 is 0 Å². The van der Waals surface area contributed by atoms with E-state index in [1.165, 1.54) is 25.9 Å². The molecule has 0 aliphatic carbocycles. The van der Waals surface area contributed by atoms with Crippen LogP contribution in [-0.2, 0) is 4.74 Å². The fraction of sp³-hybridized carbons (Fsp3) is 1.00. The molecule has 2 heterocycles. The summed E-state index contributed by atoms with van der Waals surface area (Å²) in [7, 11) is 0. The van der Waals surface area contributed by atoms with Crippen LogP contribution in [0.3, 0.4) is 0 Å². The molecule has 2 aliphatic heterocycles. The predicted octanol–water partition coefficient (Wildman–Crippen LogP) is 1.47. The first-order chi connectivity index (χ1) is 7.68. The van der Waals surface area contributed by atoms with Crippen LogP contribution < -0.4 is 5.73 Å². The maximum absolute atomic E-state index is 6.11. The van der Waals surface area contributed by atoms with Crippen LogP contribution in [0.25, 0.3) is 0 Å². The zero-order valence-corrected chi connectivity index (χ0v) is 10.7. The van der Waals surface area contributed by atoms with Crippen molar-refractivity contribution < 1.29 is 4.74 Å². The van der Waals surface area contributed by atoms with E-state index in [0.29, 0.717) is 18.0 Å². The molecule has 2 saturated heterocycles. The third-order valence-electron chi connectivity index (χ3n) is 4.51. The molecule has 0 radical (unpaired) electrons. The number of rotatable bonds is 2. The molecule has 2 fully saturated rings. The standard InChI is InChI=1S/C13H26N2O/c1-10-11(2)15(6-5-13(10)14)8-12-4-3-7-16-9-12/h10-13H,3-9,14H2,1-2H3. The zero-order valence-electron chi connectivity index (χ0n) is 10.7. The van der Waals surface area contributed by atoms with Crippen molar-refractivity contribution in [3.63, 3.8) is 0 Å². The Kier molecular flexibility index (Phi) is 4.22. The summed E-state index contributed by atoms with van der Waals surface area (Å²) in [6.45, 7) is 8.92. The van der Waals surface area contributed by atoms with Crippen molar-refractivity contribution in [1.82, 2.24) is 4.90 Å². The molecule has 2 aliphatic rings. The highest BCUT2D eigenvalue weighted by atomic mass is 16.5. The molecule has 3 nitrogen and oxygen atoms in total. The van der Waals surface area contributed by atoms with E-state index in [9.17, 15) is 0 Å². The van der Waals surface area contributed by atoms with E-state index in [-0.39, 0.29) is 0 Å². The monoisotopic (exact) mass is 226 g/mol. The van der Waals surface area contributed by atoms with E-state index in [0.717, 1.165) is 25.6 Å². The SMILES string of the molecule is CC1C(N)CCN(CC2CCCOC2)C1C. The molecule has 0 aromatic rings. The minimum absolute atomic E-state index is 0.397. The molecule has 4 unspecified atom stereocenters. The summed E-state index contributed by atoms with van der Waals surface area (Å²) in [5, 5.41) is 0. The number of ether oxygens (including phenoxy) is 1. The van der Waals surface area contributed by atoms with Gasteiger partial charge < -0.3 is 10.5 Å². The van der Waals surface area contributed by atoms with E-state index in [1.54, 1.807) is 0 Å². The normalized spacial score (nSPS) is 42.2. The van der Waals surface area contributed by atoms with E-state index in [4.69, 9.17) is 10.5 Å². The molecular formula is C13H26N2O. The number of hydrogen-bond acceptors (Lipinski definition) is 3. The van der Waals surface area contributed by atoms with Crippen LogP contribution in [0.15, 0.2) is 0 Å². The lowest BCUT2D eigenvalue weighted by Gasteiger charge is -2.43. The lowest BCUT2D eigenvalue weighted by atomic mass is 9.86. The Balaban J connectivity index is 1.84. The quantitative estimate of drug-likeness (QED) is 0.775. The van der Waals surface area contributed by atoms with Crippen LogP contribution in [-0.4, -0.2) is 43.3 Å². The van der Waals surface area contributed by atoms with Gasteiger partial charge in [-0.15, -0.1) is 0 Å². The van der Waals surface area contributed by atoms with Gasteiger partial charge in [0.15, 0.2) is 0 Å². The largest absolute Gasteiger partial charge is 0.381 e. The predicted molar refractivity (Wildman–Crippen MR) is 66.3 cm³/mol. The van der Waals surface area contributed by atoms with Gasteiger partial charge in [-0.05, 0) is 44.6 Å². The van der Waals surface area contributed by atoms with Gasteiger partial charge in [-0.25, -0.2) is 0 Å². The van der Waals surface area contributed by atoms with Gasteiger partial charge in [0.1, 0.15) is 0 Å². The Hall–Kier alpha value is -0.120. The Morgan fingerprint density at radius 1 is 1.31 bits per heavy atom. The number of nitrogens with two attached hydrogens (primary N) is 1. The van der Waals surface area contributed by atoms with Crippen LogP contribution in [0.2, 0.25) is 0 Å². The summed E-state index contributed by atoms with van der Waals surface area (Å²) >= 11 is 0. The average molecular weight is 226 g/mol. The molecule has 2 N–H and O–H groups in total. The fourth-order valence-electron chi connectivity index (χ4n) is 3.01. The van der Waals surface area contributed by atoms with Gasteiger partial charge in [-0.2, -0.15) is 0 Å². The van der Waals surface area contributed by atoms with Crippen LogP contribution in [0, 0.1) is 11.8 Å². The average Bonchev–Trinajstić information content (AvgIpc) is 2.31. The van der Waals surface area contributed by atoms with E-state index in [1.807, 2.05) is 0 Å². The highest BCUT2D eigenvalue weighted by molar-refractivity contribution is 4.87. The summed E-state index contributed by atoms with van der Waals surface area (Å²) in [5.41, 5.74) is 6.11. The minimum atomic E-state index is 0.397. The molecule has 94 valence electrons. The summed E-state index contributed by atoms with van der Waals surface area (Å²) in [6.07, 6.45) is 3.73. The lowest BCUT2D eigenvalue weighted by Crippen LogP contribution is -2.53. The van der Waals surface area contributed by atoms with Crippen molar-refractivity contribution in [2.45, 2.75) is 45.2 Å². The van der Waals surface area contributed by atoms with Crippen LogP contribution >= 0.6 is 0 Å². The molecule has 0 saturated carbocycles. The highest BCUT2D eigenvalue weighted by Gasteiger charge is 2.31. The van der Waals surface area contributed by atoms with Crippen molar-refractivity contribution in [2.24, 2.45) is 17.6 Å². The molecule has 16 heavy (non-hydrogen) atoms.